The van der Waals surface area contributed by atoms with E-state index in [4.69, 9.17) is 28.7 Å². The molecular formula is C30H22N4O5. The van der Waals surface area contributed by atoms with Gasteiger partial charge in [0, 0.05) is 11.1 Å². The molecule has 4 heterocycles. The molecular weight excluding hydrogens is 496 g/mol. The molecule has 0 bridgehead atoms. The van der Waals surface area contributed by atoms with Crippen LogP contribution in [-0.4, -0.2) is 33.8 Å². The lowest BCUT2D eigenvalue weighted by atomic mass is 9.83. The van der Waals surface area contributed by atoms with Crippen LogP contribution in [0.3, 0.4) is 0 Å². The van der Waals surface area contributed by atoms with Crippen LogP contribution in [0.2, 0.25) is 0 Å². The summed E-state index contributed by atoms with van der Waals surface area (Å²) >= 11 is 0. The molecule has 0 radical (unpaired) electrons. The Morgan fingerprint density at radius 2 is 1.77 bits per heavy atom. The fourth-order valence-electron chi connectivity index (χ4n) is 5.24. The molecule has 1 aliphatic rings. The summed E-state index contributed by atoms with van der Waals surface area (Å²) in [6.07, 6.45) is 1.57. The maximum Gasteiger partial charge on any atom is 0.344 e. The number of benzene rings is 3. The Kier molecular flexibility index (Phi) is 5.12. The molecule has 0 amide bonds. The number of ether oxygens (including phenoxy) is 3. The predicted molar refractivity (Wildman–Crippen MR) is 144 cm³/mol. The third-order valence-corrected chi connectivity index (χ3v) is 7.10. The fourth-order valence-corrected chi connectivity index (χ4v) is 5.24. The van der Waals surface area contributed by atoms with Crippen LogP contribution in [-0.2, 0) is 0 Å². The molecule has 192 valence electrons. The zero-order valence-electron chi connectivity index (χ0n) is 21.3. The third-order valence-electron chi connectivity index (χ3n) is 7.10. The highest BCUT2D eigenvalue weighted by Crippen LogP contribution is 2.51. The highest BCUT2D eigenvalue weighted by atomic mass is 16.5. The average molecular weight is 519 g/mol. The van der Waals surface area contributed by atoms with Crippen LogP contribution in [0, 0.1) is 6.92 Å². The fraction of sp³-hybridized carbons (Fsp3) is 0.133. The minimum atomic E-state index is -0.695. The van der Waals surface area contributed by atoms with Gasteiger partial charge in [0.1, 0.15) is 23.4 Å². The van der Waals surface area contributed by atoms with Gasteiger partial charge in [-0.15, -0.1) is 5.10 Å². The SMILES string of the molecule is COc1ccc(OC)c(C2c3c(c4ccccc4oc3=O)Oc3ncn4nc(-c5ccccc5C)nc4c32)c1. The van der Waals surface area contributed by atoms with Crippen molar-refractivity contribution in [1.82, 2.24) is 19.6 Å². The Bertz CT molecular complexity index is 1980. The first kappa shape index (κ1) is 23.0. The van der Waals surface area contributed by atoms with Crippen LogP contribution < -0.4 is 19.8 Å². The van der Waals surface area contributed by atoms with E-state index >= 15 is 0 Å². The molecule has 39 heavy (non-hydrogen) atoms. The monoisotopic (exact) mass is 518 g/mol. The van der Waals surface area contributed by atoms with Crippen molar-refractivity contribution in [1.29, 1.82) is 0 Å². The number of hydrogen-bond donors (Lipinski definition) is 0. The van der Waals surface area contributed by atoms with Crippen molar-refractivity contribution in [3.8, 4) is 34.5 Å². The third kappa shape index (κ3) is 3.47. The maximum atomic E-state index is 13.7. The van der Waals surface area contributed by atoms with Gasteiger partial charge in [-0.05, 0) is 42.8 Å². The van der Waals surface area contributed by atoms with Crippen LogP contribution in [0.4, 0.5) is 0 Å². The summed E-state index contributed by atoms with van der Waals surface area (Å²) in [6.45, 7) is 2.01. The molecule has 1 aliphatic heterocycles. The quantitative estimate of drug-likeness (QED) is 0.281. The minimum Gasteiger partial charge on any atom is -0.497 e. The van der Waals surface area contributed by atoms with Crippen LogP contribution >= 0.6 is 0 Å². The molecule has 0 N–H and O–H groups in total. The second-order valence-corrected chi connectivity index (χ2v) is 9.25. The van der Waals surface area contributed by atoms with Crippen LogP contribution in [0.1, 0.15) is 28.2 Å². The summed E-state index contributed by atoms with van der Waals surface area (Å²) < 4.78 is 25.1. The van der Waals surface area contributed by atoms with Gasteiger partial charge >= 0.3 is 5.63 Å². The molecule has 0 saturated carbocycles. The summed E-state index contributed by atoms with van der Waals surface area (Å²) in [4.78, 5) is 23.2. The van der Waals surface area contributed by atoms with E-state index in [0.29, 0.717) is 62.3 Å². The zero-order chi connectivity index (χ0) is 26.7. The number of fused-ring (bicyclic) bond motifs is 6. The first-order valence-electron chi connectivity index (χ1n) is 12.3. The molecule has 0 saturated heterocycles. The highest BCUT2D eigenvalue weighted by Gasteiger charge is 2.39. The summed E-state index contributed by atoms with van der Waals surface area (Å²) in [5.41, 5.74) is 3.92. The Morgan fingerprint density at radius 3 is 2.59 bits per heavy atom. The summed E-state index contributed by atoms with van der Waals surface area (Å²) in [7, 11) is 3.17. The number of nitrogens with zero attached hydrogens (tertiary/aromatic N) is 4. The van der Waals surface area contributed by atoms with Gasteiger partial charge in [-0.25, -0.2) is 19.3 Å². The topological polar surface area (TPSA) is 101 Å². The Morgan fingerprint density at radius 1 is 0.949 bits per heavy atom. The van der Waals surface area contributed by atoms with E-state index in [1.165, 1.54) is 0 Å². The largest absolute Gasteiger partial charge is 0.497 e. The number of aryl methyl sites for hydroxylation is 1. The Hall–Kier alpha value is -5.18. The van der Waals surface area contributed by atoms with Crippen LogP contribution in [0.15, 0.2) is 82.3 Å². The van der Waals surface area contributed by atoms with E-state index in [9.17, 15) is 4.79 Å². The van der Waals surface area contributed by atoms with Crippen LogP contribution in [0.5, 0.6) is 23.1 Å². The second-order valence-electron chi connectivity index (χ2n) is 9.25. The molecule has 0 spiro atoms. The lowest BCUT2D eigenvalue weighted by Crippen LogP contribution is -2.22. The molecule has 1 unspecified atom stereocenters. The lowest BCUT2D eigenvalue weighted by Gasteiger charge is -2.28. The van der Waals surface area contributed by atoms with Gasteiger partial charge in [-0.3, -0.25) is 0 Å². The van der Waals surface area contributed by atoms with Gasteiger partial charge < -0.3 is 18.6 Å². The molecule has 1 atom stereocenters. The van der Waals surface area contributed by atoms with E-state index in [2.05, 4.69) is 4.98 Å². The molecule has 3 aromatic carbocycles. The standard InChI is InChI=1S/C30H22N4O5/c1-16-8-4-5-9-18(16)27-32-28-25-23(20-14-17(36-2)12-13-21(20)37-3)24-26(39-29(25)31-15-34(28)33-27)19-10-6-7-11-22(19)38-30(24)35/h4-15,23H,1-3H3. The number of hydrogen-bond acceptors (Lipinski definition) is 8. The zero-order valence-corrected chi connectivity index (χ0v) is 21.3. The van der Waals surface area contributed by atoms with Gasteiger partial charge in [-0.1, -0.05) is 36.4 Å². The summed E-state index contributed by atoms with van der Waals surface area (Å²) in [5, 5.41) is 5.38. The van der Waals surface area contributed by atoms with Crippen molar-refractivity contribution in [2.24, 2.45) is 0 Å². The molecule has 7 rings (SSSR count). The van der Waals surface area contributed by atoms with E-state index in [1.807, 2.05) is 61.5 Å². The van der Waals surface area contributed by atoms with Crippen molar-refractivity contribution in [3.05, 3.63) is 106 Å². The van der Waals surface area contributed by atoms with Gasteiger partial charge in [0.2, 0.25) is 5.88 Å². The first-order valence-corrected chi connectivity index (χ1v) is 12.3. The van der Waals surface area contributed by atoms with Crippen molar-refractivity contribution >= 4 is 16.6 Å². The molecule has 0 fully saturated rings. The molecule has 0 aliphatic carbocycles. The Balaban J connectivity index is 1.58. The smallest absolute Gasteiger partial charge is 0.344 e. The summed E-state index contributed by atoms with van der Waals surface area (Å²) in [6, 6.07) is 20.6. The van der Waals surface area contributed by atoms with Crippen molar-refractivity contribution in [2.45, 2.75) is 12.8 Å². The second kappa shape index (κ2) is 8.70. The van der Waals surface area contributed by atoms with Gasteiger partial charge in [-0.2, -0.15) is 0 Å². The first-order chi connectivity index (χ1) is 19.1. The normalized spacial score (nSPS) is 14.1. The van der Waals surface area contributed by atoms with Gasteiger partial charge in [0.15, 0.2) is 17.2 Å². The molecule has 9 heteroatoms. The average Bonchev–Trinajstić information content (AvgIpc) is 3.40. The van der Waals surface area contributed by atoms with Gasteiger partial charge in [0.25, 0.3) is 0 Å². The van der Waals surface area contributed by atoms with Gasteiger partial charge in [0.05, 0.1) is 36.7 Å². The molecule has 3 aromatic heterocycles. The number of methoxy groups -OCH3 is 2. The minimum absolute atomic E-state index is 0.322. The number of para-hydroxylation sites is 1. The van der Waals surface area contributed by atoms with Crippen molar-refractivity contribution < 1.29 is 18.6 Å². The number of rotatable bonds is 4. The Labute approximate surface area is 222 Å². The van der Waals surface area contributed by atoms with E-state index in [-0.39, 0.29) is 0 Å². The van der Waals surface area contributed by atoms with Crippen molar-refractivity contribution in [3.63, 3.8) is 0 Å². The van der Waals surface area contributed by atoms with Crippen LogP contribution in [0.25, 0.3) is 28.0 Å². The van der Waals surface area contributed by atoms with Crippen molar-refractivity contribution in [2.75, 3.05) is 14.2 Å². The van der Waals surface area contributed by atoms with E-state index < -0.39 is 11.5 Å². The van der Waals surface area contributed by atoms with E-state index in [0.717, 1.165) is 11.1 Å². The summed E-state index contributed by atoms with van der Waals surface area (Å²) in [5.74, 6) is 1.72. The molecule has 6 aromatic rings. The maximum absolute atomic E-state index is 13.7. The predicted octanol–water partition coefficient (Wildman–Crippen LogP) is 5.51. The highest BCUT2D eigenvalue weighted by molar-refractivity contribution is 5.87. The lowest BCUT2D eigenvalue weighted by molar-refractivity contribution is 0.392. The molecule has 9 nitrogen and oxygen atoms in total. The van der Waals surface area contributed by atoms with E-state index in [1.54, 1.807) is 37.2 Å². The number of aromatic nitrogens is 4.